The zero-order valence-corrected chi connectivity index (χ0v) is 15.8. The van der Waals surface area contributed by atoms with Gasteiger partial charge in [0.05, 0.1) is 5.02 Å². The van der Waals surface area contributed by atoms with Crippen LogP contribution in [0.25, 0.3) is 11.0 Å². The molecule has 2 heterocycles. The van der Waals surface area contributed by atoms with Crippen LogP contribution in [0.15, 0.2) is 52.9 Å². The molecule has 1 saturated heterocycles. The summed E-state index contributed by atoms with van der Waals surface area (Å²) in [6.07, 6.45) is 0.938. The number of fused-ring (bicyclic) bond motifs is 1. The van der Waals surface area contributed by atoms with Gasteiger partial charge in [-0.3, -0.25) is 4.79 Å². The van der Waals surface area contributed by atoms with Crippen molar-refractivity contribution in [3.8, 4) is 5.75 Å². The van der Waals surface area contributed by atoms with Crippen LogP contribution in [0.5, 0.6) is 5.75 Å². The van der Waals surface area contributed by atoms with Crippen molar-refractivity contribution in [2.75, 3.05) is 20.1 Å². The SMILES string of the molecule is CN(C(=O)c1oc2ccccc2c1COc1ccccc1Cl)C1CCNC1. The lowest BCUT2D eigenvalue weighted by Crippen LogP contribution is -2.38. The Kier molecular flexibility index (Phi) is 5.05. The standard InChI is InChI=1S/C21H21ClN2O3/c1-24(14-10-11-23-12-14)21(25)20-16(15-6-2-4-8-18(15)27-20)13-26-19-9-5-3-7-17(19)22/h2-9,14,23H,10-13H2,1H3. The molecular weight excluding hydrogens is 364 g/mol. The Bertz CT molecular complexity index is 963. The van der Waals surface area contributed by atoms with E-state index in [1.54, 1.807) is 11.0 Å². The lowest BCUT2D eigenvalue weighted by molar-refractivity contribution is 0.0710. The van der Waals surface area contributed by atoms with Crippen molar-refractivity contribution in [1.29, 1.82) is 0 Å². The number of halogens is 1. The largest absolute Gasteiger partial charge is 0.487 e. The Morgan fingerprint density at radius 1 is 1.26 bits per heavy atom. The highest BCUT2D eigenvalue weighted by Gasteiger charge is 2.29. The molecule has 6 heteroatoms. The van der Waals surface area contributed by atoms with Crippen LogP contribution >= 0.6 is 11.6 Å². The zero-order chi connectivity index (χ0) is 18.8. The predicted molar refractivity (Wildman–Crippen MR) is 105 cm³/mol. The number of furan rings is 1. The van der Waals surface area contributed by atoms with E-state index in [1.165, 1.54) is 0 Å². The van der Waals surface area contributed by atoms with E-state index in [-0.39, 0.29) is 18.6 Å². The van der Waals surface area contributed by atoms with Crippen molar-refractivity contribution in [1.82, 2.24) is 10.2 Å². The molecular formula is C21H21ClN2O3. The molecule has 1 aromatic heterocycles. The second-order valence-corrected chi connectivity index (χ2v) is 7.09. The number of carbonyl (C=O) groups excluding carboxylic acids is 1. The van der Waals surface area contributed by atoms with Crippen LogP contribution in [0, 0.1) is 0 Å². The summed E-state index contributed by atoms with van der Waals surface area (Å²) in [6.45, 7) is 1.93. The average Bonchev–Trinajstić information content (AvgIpc) is 3.34. The molecule has 1 aliphatic heterocycles. The number of carbonyl (C=O) groups is 1. The van der Waals surface area contributed by atoms with Crippen LogP contribution in [-0.2, 0) is 6.61 Å². The molecule has 1 unspecified atom stereocenters. The number of nitrogens with one attached hydrogen (secondary N) is 1. The maximum absolute atomic E-state index is 13.1. The third-order valence-electron chi connectivity index (χ3n) is 5.00. The second kappa shape index (κ2) is 7.62. The highest BCUT2D eigenvalue weighted by Crippen LogP contribution is 2.30. The van der Waals surface area contributed by atoms with Crippen molar-refractivity contribution in [2.45, 2.75) is 19.1 Å². The van der Waals surface area contributed by atoms with Crippen LogP contribution in [0.4, 0.5) is 0 Å². The molecule has 1 N–H and O–H groups in total. The highest BCUT2D eigenvalue weighted by atomic mass is 35.5. The van der Waals surface area contributed by atoms with Gasteiger partial charge in [0.25, 0.3) is 5.91 Å². The Hall–Kier alpha value is -2.50. The van der Waals surface area contributed by atoms with E-state index in [4.69, 9.17) is 20.8 Å². The number of ether oxygens (including phenoxy) is 1. The molecule has 1 fully saturated rings. The van der Waals surface area contributed by atoms with Gasteiger partial charge in [0.1, 0.15) is 17.9 Å². The van der Waals surface area contributed by atoms with E-state index >= 15 is 0 Å². The molecule has 140 valence electrons. The first-order chi connectivity index (χ1) is 13.1. The summed E-state index contributed by atoms with van der Waals surface area (Å²) in [5.74, 6) is 0.784. The number of amides is 1. The van der Waals surface area contributed by atoms with Gasteiger partial charge in [-0.2, -0.15) is 0 Å². The summed E-state index contributed by atoms with van der Waals surface area (Å²) >= 11 is 6.19. The first kappa shape index (κ1) is 17.9. The van der Waals surface area contributed by atoms with E-state index in [2.05, 4.69) is 5.32 Å². The van der Waals surface area contributed by atoms with Crippen molar-refractivity contribution < 1.29 is 13.9 Å². The maximum Gasteiger partial charge on any atom is 0.290 e. The lowest BCUT2D eigenvalue weighted by atomic mass is 10.1. The van der Waals surface area contributed by atoms with Crippen LogP contribution < -0.4 is 10.1 Å². The summed E-state index contributed by atoms with van der Waals surface area (Å²) in [5.41, 5.74) is 1.42. The van der Waals surface area contributed by atoms with Crippen LogP contribution in [0.2, 0.25) is 5.02 Å². The zero-order valence-electron chi connectivity index (χ0n) is 15.1. The smallest absolute Gasteiger partial charge is 0.290 e. The van der Waals surface area contributed by atoms with Gasteiger partial charge in [-0.25, -0.2) is 0 Å². The predicted octanol–water partition coefficient (Wildman–Crippen LogP) is 4.10. The highest BCUT2D eigenvalue weighted by molar-refractivity contribution is 6.32. The molecule has 3 aromatic rings. The van der Waals surface area contributed by atoms with Gasteiger partial charge in [-0.1, -0.05) is 41.9 Å². The minimum atomic E-state index is -0.127. The van der Waals surface area contributed by atoms with E-state index < -0.39 is 0 Å². The molecule has 0 bridgehead atoms. The second-order valence-electron chi connectivity index (χ2n) is 6.69. The number of hydrogen-bond acceptors (Lipinski definition) is 4. The minimum Gasteiger partial charge on any atom is -0.487 e. The first-order valence-corrected chi connectivity index (χ1v) is 9.38. The van der Waals surface area contributed by atoms with Crippen molar-refractivity contribution in [3.63, 3.8) is 0 Å². The summed E-state index contributed by atoms with van der Waals surface area (Å²) in [6, 6.07) is 15.1. The topological polar surface area (TPSA) is 54.7 Å². The molecule has 2 aromatic carbocycles. The molecule has 0 saturated carbocycles. The van der Waals surface area contributed by atoms with Crippen molar-refractivity contribution in [3.05, 3.63) is 64.9 Å². The van der Waals surface area contributed by atoms with E-state index in [0.717, 1.165) is 30.5 Å². The lowest BCUT2D eigenvalue weighted by Gasteiger charge is -2.23. The van der Waals surface area contributed by atoms with Crippen LogP contribution in [-0.4, -0.2) is 37.0 Å². The molecule has 1 aliphatic rings. The van der Waals surface area contributed by atoms with Crippen LogP contribution in [0.1, 0.15) is 22.5 Å². The molecule has 1 atom stereocenters. The average molecular weight is 385 g/mol. The monoisotopic (exact) mass is 384 g/mol. The molecule has 1 amide bonds. The van der Waals surface area contributed by atoms with Gasteiger partial charge in [-0.05, 0) is 31.2 Å². The summed E-state index contributed by atoms with van der Waals surface area (Å²) in [4.78, 5) is 14.9. The Balaban J connectivity index is 1.66. The molecule has 4 rings (SSSR count). The minimum absolute atomic E-state index is 0.127. The number of para-hydroxylation sites is 2. The van der Waals surface area contributed by atoms with Gasteiger partial charge < -0.3 is 19.4 Å². The van der Waals surface area contributed by atoms with Gasteiger partial charge in [0, 0.05) is 30.6 Å². The number of hydrogen-bond donors (Lipinski definition) is 1. The van der Waals surface area contributed by atoms with Gasteiger partial charge in [0.2, 0.25) is 0 Å². The van der Waals surface area contributed by atoms with E-state index in [1.807, 2.05) is 49.5 Å². The molecule has 0 aliphatic carbocycles. The Morgan fingerprint density at radius 3 is 2.81 bits per heavy atom. The molecule has 5 nitrogen and oxygen atoms in total. The Labute approximate surface area is 162 Å². The fourth-order valence-electron chi connectivity index (χ4n) is 3.42. The quantitative estimate of drug-likeness (QED) is 0.719. The maximum atomic E-state index is 13.1. The molecule has 0 radical (unpaired) electrons. The fraction of sp³-hybridized carbons (Fsp3) is 0.286. The number of rotatable bonds is 5. The van der Waals surface area contributed by atoms with Crippen LogP contribution in [0.3, 0.4) is 0 Å². The summed E-state index contributed by atoms with van der Waals surface area (Å²) in [5, 5.41) is 4.70. The first-order valence-electron chi connectivity index (χ1n) is 9.01. The number of benzene rings is 2. The van der Waals surface area contributed by atoms with Crippen molar-refractivity contribution in [2.24, 2.45) is 0 Å². The normalized spacial score (nSPS) is 16.6. The van der Waals surface area contributed by atoms with Gasteiger partial charge >= 0.3 is 0 Å². The third-order valence-corrected chi connectivity index (χ3v) is 5.32. The third kappa shape index (κ3) is 3.53. The summed E-state index contributed by atoms with van der Waals surface area (Å²) < 4.78 is 11.8. The summed E-state index contributed by atoms with van der Waals surface area (Å²) in [7, 11) is 1.83. The molecule has 27 heavy (non-hydrogen) atoms. The van der Waals surface area contributed by atoms with Crippen molar-refractivity contribution >= 4 is 28.5 Å². The van der Waals surface area contributed by atoms with E-state index in [0.29, 0.717) is 22.1 Å². The molecule has 0 spiro atoms. The van der Waals surface area contributed by atoms with Gasteiger partial charge in [-0.15, -0.1) is 0 Å². The number of likely N-dealkylation sites (N-methyl/N-ethyl adjacent to an activating group) is 1. The Morgan fingerprint density at radius 2 is 2.04 bits per heavy atom. The fourth-order valence-corrected chi connectivity index (χ4v) is 3.61. The number of nitrogens with zero attached hydrogens (tertiary/aromatic N) is 1. The van der Waals surface area contributed by atoms with E-state index in [9.17, 15) is 4.79 Å². The van der Waals surface area contributed by atoms with Gasteiger partial charge in [0.15, 0.2) is 5.76 Å².